The Bertz CT molecular complexity index is 824. The Morgan fingerprint density at radius 2 is 2.04 bits per heavy atom. The molecule has 1 N–H and O–H groups in total. The van der Waals surface area contributed by atoms with Crippen LogP contribution in [0.3, 0.4) is 0 Å². The van der Waals surface area contributed by atoms with E-state index in [1.807, 2.05) is 20.9 Å². The number of hydrazone groups is 1. The Labute approximate surface area is 166 Å². The molecule has 28 heavy (non-hydrogen) atoms. The molecule has 0 aliphatic heterocycles. The van der Waals surface area contributed by atoms with E-state index in [-0.39, 0.29) is 23.9 Å². The fraction of sp³-hybridized carbons (Fsp3) is 0.714. The second kappa shape index (κ2) is 7.33. The lowest BCUT2D eigenvalue weighted by molar-refractivity contribution is -0.148. The number of nitrogens with zero attached hydrogens (tertiary/aromatic N) is 3. The monoisotopic (exact) mass is 388 g/mol. The van der Waals surface area contributed by atoms with E-state index in [1.165, 1.54) is 6.42 Å². The summed E-state index contributed by atoms with van der Waals surface area (Å²) >= 11 is 0. The second-order valence-electron chi connectivity index (χ2n) is 9.02. The van der Waals surface area contributed by atoms with Gasteiger partial charge in [-0.2, -0.15) is 10.2 Å². The van der Waals surface area contributed by atoms with Crippen molar-refractivity contribution in [3.63, 3.8) is 0 Å². The molecular formula is C21H32N4O3. The minimum absolute atomic E-state index is 0.0427. The molecule has 0 aromatic carbocycles. The number of esters is 1. The Morgan fingerprint density at radius 3 is 2.57 bits per heavy atom. The number of aryl methyl sites for hydroxylation is 2. The molecule has 1 amide bonds. The molecule has 2 aliphatic rings. The molecule has 7 nitrogen and oxygen atoms in total. The summed E-state index contributed by atoms with van der Waals surface area (Å²) in [7, 11) is 1.88. The van der Waals surface area contributed by atoms with Crippen molar-refractivity contribution in [2.24, 2.45) is 28.9 Å². The first-order valence-electron chi connectivity index (χ1n) is 10.1. The van der Waals surface area contributed by atoms with Crippen LogP contribution in [0, 0.1) is 30.6 Å². The van der Waals surface area contributed by atoms with Gasteiger partial charge in [-0.05, 0) is 56.4 Å². The highest BCUT2D eigenvalue weighted by atomic mass is 16.5. The van der Waals surface area contributed by atoms with Crippen molar-refractivity contribution in [2.75, 3.05) is 6.61 Å². The molecule has 2 saturated carbocycles. The smallest absolute Gasteiger partial charge is 0.306 e. The summed E-state index contributed by atoms with van der Waals surface area (Å²) in [4.78, 5) is 24.0. The van der Waals surface area contributed by atoms with Crippen LogP contribution in [0.1, 0.15) is 63.4 Å². The lowest BCUT2D eigenvalue weighted by Gasteiger charge is -2.34. The molecule has 0 radical (unpaired) electrons. The maximum Gasteiger partial charge on any atom is 0.306 e. The molecule has 0 saturated heterocycles. The average Bonchev–Trinajstić information content (AvgIpc) is 3.09. The van der Waals surface area contributed by atoms with Crippen molar-refractivity contribution in [2.45, 2.75) is 66.7 Å². The minimum atomic E-state index is -0.390. The van der Waals surface area contributed by atoms with Gasteiger partial charge in [0.05, 0.1) is 5.69 Å². The quantitative estimate of drug-likeness (QED) is 0.600. The van der Waals surface area contributed by atoms with Crippen molar-refractivity contribution >= 4 is 17.6 Å². The van der Waals surface area contributed by atoms with Crippen LogP contribution in [0.5, 0.6) is 0 Å². The van der Waals surface area contributed by atoms with Gasteiger partial charge in [-0.25, -0.2) is 5.43 Å². The Morgan fingerprint density at radius 1 is 1.32 bits per heavy atom. The van der Waals surface area contributed by atoms with Gasteiger partial charge in [0.1, 0.15) is 0 Å². The van der Waals surface area contributed by atoms with Gasteiger partial charge in [0.25, 0.3) is 5.91 Å². The molecular weight excluding hydrogens is 356 g/mol. The highest BCUT2D eigenvalue weighted by molar-refractivity contribution is 5.95. The van der Waals surface area contributed by atoms with E-state index in [2.05, 4.69) is 36.4 Å². The molecule has 2 bridgehead atoms. The predicted octanol–water partition coefficient (Wildman–Crippen LogP) is 2.83. The van der Waals surface area contributed by atoms with E-state index in [1.54, 1.807) is 4.68 Å². The van der Waals surface area contributed by atoms with Crippen molar-refractivity contribution in [3.8, 4) is 0 Å². The van der Waals surface area contributed by atoms with Crippen LogP contribution >= 0.6 is 0 Å². The highest BCUT2D eigenvalue weighted by Gasteiger charge is 2.60. The third kappa shape index (κ3) is 3.47. The summed E-state index contributed by atoms with van der Waals surface area (Å²) in [6.45, 7) is 10.4. The Hall–Kier alpha value is -2.18. The van der Waals surface area contributed by atoms with E-state index >= 15 is 0 Å². The van der Waals surface area contributed by atoms with Crippen LogP contribution in [0.4, 0.5) is 0 Å². The summed E-state index contributed by atoms with van der Waals surface area (Å²) in [5.41, 5.74) is 6.92. The standard InChI is InChI=1S/C21H32N4O3/c1-13-16(14(2)25(6)24-13)7-8-19(27)28-12-18(26)23-22-17-11-15-9-10-21(17,5)20(15,3)4/h15H,7-12H2,1-6H3,(H,23,26)/b22-17+. The fourth-order valence-electron chi connectivity index (χ4n) is 4.88. The second-order valence-corrected chi connectivity index (χ2v) is 9.02. The molecule has 1 aromatic heterocycles. The van der Waals surface area contributed by atoms with E-state index in [0.717, 1.165) is 35.5 Å². The number of fused-ring (bicyclic) bond motifs is 2. The van der Waals surface area contributed by atoms with Crippen LogP contribution < -0.4 is 5.43 Å². The van der Waals surface area contributed by atoms with Crippen molar-refractivity contribution in [1.29, 1.82) is 0 Å². The highest BCUT2D eigenvalue weighted by Crippen LogP contribution is 2.63. The zero-order chi connectivity index (χ0) is 20.7. The molecule has 3 rings (SSSR count). The van der Waals surface area contributed by atoms with E-state index < -0.39 is 11.9 Å². The molecule has 154 valence electrons. The van der Waals surface area contributed by atoms with Crippen molar-refractivity contribution in [1.82, 2.24) is 15.2 Å². The number of ether oxygens (including phenoxy) is 1. The van der Waals surface area contributed by atoms with Crippen LogP contribution in [-0.2, 0) is 27.8 Å². The van der Waals surface area contributed by atoms with Crippen molar-refractivity contribution in [3.05, 3.63) is 17.0 Å². The van der Waals surface area contributed by atoms with Gasteiger partial charge < -0.3 is 4.74 Å². The van der Waals surface area contributed by atoms with Gasteiger partial charge >= 0.3 is 5.97 Å². The topological polar surface area (TPSA) is 85.6 Å². The number of nitrogens with one attached hydrogen (secondary N) is 1. The number of carbonyl (C=O) groups excluding carboxylic acids is 2. The lowest BCUT2D eigenvalue weighted by Crippen LogP contribution is -2.34. The third-order valence-corrected chi connectivity index (χ3v) is 7.43. The zero-order valence-corrected chi connectivity index (χ0v) is 17.9. The van der Waals surface area contributed by atoms with E-state index in [9.17, 15) is 9.59 Å². The number of aromatic nitrogens is 2. The molecule has 7 heteroatoms. The van der Waals surface area contributed by atoms with Gasteiger partial charge in [-0.3, -0.25) is 14.3 Å². The predicted molar refractivity (Wildman–Crippen MR) is 107 cm³/mol. The molecule has 2 unspecified atom stereocenters. The summed E-state index contributed by atoms with van der Waals surface area (Å²) in [5, 5.41) is 8.73. The average molecular weight is 389 g/mol. The van der Waals surface area contributed by atoms with E-state index in [0.29, 0.717) is 12.3 Å². The normalized spacial score (nSPS) is 26.6. The molecule has 1 heterocycles. The third-order valence-electron chi connectivity index (χ3n) is 7.43. The first-order valence-corrected chi connectivity index (χ1v) is 10.1. The summed E-state index contributed by atoms with van der Waals surface area (Å²) in [6, 6.07) is 0. The maximum absolute atomic E-state index is 12.1. The molecule has 2 atom stereocenters. The molecule has 1 aromatic rings. The first-order chi connectivity index (χ1) is 13.1. The van der Waals surface area contributed by atoms with Crippen LogP contribution in [0.2, 0.25) is 0 Å². The number of amides is 1. The number of rotatable bonds is 6. The van der Waals surface area contributed by atoms with Gasteiger partial charge in [0.2, 0.25) is 0 Å². The SMILES string of the molecule is Cc1nn(C)c(C)c1CCC(=O)OCC(=O)N/N=C1\CC2CCC1(C)C2(C)C. The molecule has 2 fully saturated rings. The summed E-state index contributed by atoms with van der Waals surface area (Å²) < 4.78 is 6.91. The molecule has 2 aliphatic carbocycles. The van der Waals surface area contributed by atoms with Crippen LogP contribution in [0.15, 0.2) is 5.10 Å². The minimum Gasteiger partial charge on any atom is -0.455 e. The van der Waals surface area contributed by atoms with Gasteiger partial charge in [-0.15, -0.1) is 0 Å². The fourth-order valence-corrected chi connectivity index (χ4v) is 4.88. The van der Waals surface area contributed by atoms with Crippen LogP contribution in [-0.4, -0.2) is 34.0 Å². The van der Waals surface area contributed by atoms with Crippen LogP contribution in [0.25, 0.3) is 0 Å². The molecule has 0 spiro atoms. The number of hydrogen-bond acceptors (Lipinski definition) is 5. The number of hydrogen-bond donors (Lipinski definition) is 1. The van der Waals surface area contributed by atoms with Gasteiger partial charge in [-0.1, -0.05) is 20.8 Å². The van der Waals surface area contributed by atoms with Gasteiger partial charge in [0.15, 0.2) is 6.61 Å². The van der Waals surface area contributed by atoms with Gasteiger partial charge in [0, 0.05) is 30.3 Å². The Kier molecular flexibility index (Phi) is 5.38. The zero-order valence-electron chi connectivity index (χ0n) is 17.9. The lowest BCUT2D eigenvalue weighted by atomic mass is 9.70. The summed E-state index contributed by atoms with van der Waals surface area (Å²) in [5.74, 6) is -0.150. The Balaban J connectivity index is 1.45. The first kappa shape index (κ1) is 20.6. The van der Waals surface area contributed by atoms with E-state index in [4.69, 9.17) is 4.74 Å². The summed E-state index contributed by atoms with van der Waals surface area (Å²) in [6.07, 6.45) is 4.06. The largest absolute Gasteiger partial charge is 0.455 e. The number of carbonyl (C=O) groups is 2. The van der Waals surface area contributed by atoms with Crippen molar-refractivity contribution < 1.29 is 14.3 Å². The maximum atomic E-state index is 12.1.